The molecule has 0 radical (unpaired) electrons. The molecule has 0 spiro atoms. The highest BCUT2D eigenvalue weighted by atomic mass is 16.5. The van der Waals surface area contributed by atoms with Gasteiger partial charge in [0.1, 0.15) is 0 Å². The average molecular weight is 309 g/mol. The molecule has 5 nitrogen and oxygen atoms in total. The molecular weight excluding hydrogens is 282 g/mol. The zero-order valence-electron chi connectivity index (χ0n) is 14.0. The molecule has 5 heteroatoms. The normalized spacial score (nSPS) is 10.6. The van der Waals surface area contributed by atoms with Crippen molar-refractivity contribution in [2.75, 3.05) is 33.5 Å². The van der Waals surface area contributed by atoms with Gasteiger partial charge in [0.25, 0.3) is 5.91 Å². The van der Waals surface area contributed by atoms with Crippen LogP contribution < -0.4 is 14.8 Å². The second-order valence-electron chi connectivity index (χ2n) is 5.62. The number of rotatable bonds is 10. The number of hydrogen-bond donors (Lipinski definition) is 1. The van der Waals surface area contributed by atoms with Crippen LogP contribution in [0.2, 0.25) is 0 Å². The second kappa shape index (κ2) is 10.1. The predicted molar refractivity (Wildman–Crippen MR) is 86.5 cm³/mol. The fraction of sp³-hybridized carbons (Fsp3) is 0.588. The van der Waals surface area contributed by atoms with E-state index in [0.717, 1.165) is 18.6 Å². The van der Waals surface area contributed by atoms with Gasteiger partial charge in [-0.2, -0.15) is 0 Å². The van der Waals surface area contributed by atoms with Gasteiger partial charge in [0.05, 0.1) is 7.11 Å². The Kier molecular flexibility index (Phi) is 8.36. The Bertz CT molecular complexity index is 460. The molecule has 0 atom stereocenters. The monoisotopic (exact) mass is 309 g/mol. The first-order chi connectivity index (χ1) is 10.5. The first-order valence-electron chi connectivity index (χ1n) is 7.64. The van der Waals surface area contributed by atoms with Crippen molar-refractivity contribution in [2.24, 2.45) is 5.92 Å². The summed E-state index contributed by atoms with van der Waals surface area (Å²) < 4.78 is 16.2. The summed E-state index contributed by atoms with van der Waals surface area (Å²) in [6.07, 6.45) is 0.798. The number of carbonyl (C=O) groups excluding carboxylic acids is 1. The van der Waals surface area contributed by atoms with Crippen LogP contribution in [-0.2, 0) is 9.53 Å². The van der Waals surface area contributed by atoms with E-state index in [4.69, 9.17) is 14.2 Å². The summed E-state index contributed by atoms with van der Waals surface area (Å²) in [4.78, 5) is 11.7. The summed E-state index contributed by atoms with van der Waals surface area (Å²) >= 11 is 0. The van der Waals surface area contributed by atoms with Gasteiger partial charge in [-0.3, -0.25) is 4.79 Å². The van der Waals surface area contributed by atoms with E-state index in [2.05, 4.69) is 19.2 Å². The van der Waals surface area contributed by atoms with Crippen molar-refractivity contribution in [1.82, 2.24) is 5.32 Å². The van der Waals surface area contributed by atoms with Crippen molar-refractivity contribution in [2.45, 2.75) is 27.2 Å². The minimum Gasteiger partial charge on any atom is -0.493 e. The van der Waals surface area contributed by atoms with E-state index in [9.17, 15) is 4.79 Å². The smallest absolute Gasteiger partial charge is 0.257 e. The Morgan fingerprint density at radius 3 is 2.73 bits per heavy atom. The molecule has 1 N–H and O–H groups in total. The van der Waals surface area contributed by atoms with Crippen molar-refractivity contribution >= 4 is 5.91 Å². The number of hydrogen-bond acceptors (Lipinski definition) is 4. The fourth-order valence-electron chi connectivity index (χ4n) is 1.81. The zero-order valence-corrected chi connectivity index (χ0v) is 14.0. The van der Waals surface area contributed by atoms with E-state index in [-0.39, 0.29) is 12.5 Å². The molecule has 1 rings (SSSR count). The van der Waals surface area contributed by atoms with E-state index in [1.807, 2.05) is 19.1 Å². The third-order valence-electron chi connectivity index (χ3n) is 2.92. The maximum absolute atomic E-state index is 11.7. The van der Waals surface area contributed by atoms with E-state index in [0.29, 0.717) is 30.6 Å². The van der Waals surface area contributed by atoms with Crippen LogP contribution >= 0.6 is 0 Å². The summed E-state index contributed by atoms with van der Waals surface area (Å²) in [6.45, 7) is 8.17. The lowest BCUT2D eigenvalue weighted by atomic mass is 10.2. The number of carbonyl (C=O) groups is 1. The predicted octanol–water partition coefficient (Wildman–Crippen LogP) is 2.56. The Balaban J connectivity index is 2.21. The minimum atomic E-state index is -0.147. The molecule has 0 heterocycles. The number of methoxy groups -OCH3 is 1. The maximum atomic E-state index is 11.7. The number of nitrogens with one attached hydrogen (secondary N) is 1. The van der Waals surface area contributed by atoms with Gasteiger partial charge in [-0.25, -0.2) is 0 Å². The van der Waals surface area contributed by atoms with Gasteiger partial charge in [-0.15, -0.1) is 0 Å². The molecule has 22 heavy (non-hydrogen) atoms. The van der Waals surface area contributed by atoms with E-state index >= 15 is 0 Å². The lowest BCUT2D eigenvalue weighted by molar-refractivity contribution is -0.123. The third-order valence-corrected chi connectivity index (χ3v) is 2.92. The van der Waals surface area contributed by atoms with E-state index in [1.165, 1.54) is 0 Å². The van der Waals surface area contributed by atoms with Crippen LogP contribution in [0.1, 0.15) is 25.8 Å². The van der Waals surface area contributed by atoms with Gasteiger partial charge in [-0.1, -0.05) is 19.9 Å². The lowest BCUT2D eigenvalue weighted by Gasteiger charge is -2.11. The van der Waals surface area contributed by atoms with Crippen LogP contribution in [-0.4, -0.2) is 39.4 Å². The van der Waals surface area contributed by atoms with Crippen LogP contribution in [0.3, 0.4) is 0 Å². The van der Waals surface area contributed by atoms with Gasteiger partial charge < -0.3 is 19.5 Å². The Morgan fingerprint density at radius 2 is 2.05 bits per heavy atom. The molecule has 0 aliphatic heterocycles. The third kappa shape index (κ3) is 7.31. The molecule has 0 unspecified atom stereocenters. The van der Waals surface area contributed by atoms with Crippen molar-refractivity contribution in [3.05, 3.63) is 23.8 Å². The van der Waals surface area contributed by atoms with Gasteiger partial charge in [0.2, 0.25) is 0 Å². The largest absolute Gasteiger partial charge is 0.493 e. The first kappa shape index (κ1) is 18.3. The molecular formula is C17H27NO4. The fourth-order valence-corrected chi connectivity index (χ4v) is 1.81. The van der Waals surface area contributed by atoms with E-state index < -0.39 is 0 Å². The van der Waals surface area contributed by atoms with Gasteiger partial charge in [-0.05, 0) is 37.0 Å². The Morgan fingerprint density at radius 1 is 1.27 bits per heavy atom. The van der Waals surface area contributed by atoms with Crippen molar-refractivity contribution in [1.29, 1.82) is 0 Å². The molecule has 1 amide bonds. The molecule has 1 aromatic carbocycles. The summed E-state index contributed by atoms with van der Waals surface area (Å²) in [6, 6.07) is 5.60. The number of benzene rings is 1. The second-order valence-corrected chi connectivity index (χ2v) is 5.62. The molecule has 0 aliphatic carbocycles. The van der Waals surface area contributed by atoms with E-state index in [1.54, 1.807) is 13.2 Å². The van der Waals surface area contributed by atoms with Crippen LogP contribution in [0, 0.1) is 12.8 Å². The highest BCUT2D eigenvalue weighted by Crippen LogP contribution is 2.27. The molecule has 0 saturated heterocycles. The molecule has 0 fully saturated rings. The Hall–Kier alpha value is -1.75. The van der Waals surface area contributed by atoms with Crippen molar-refractivity contribution < 1.29 is 19.0 Å². The Labute approximate surface area is 132 Å². The lowest BCUT2D eigenvalue weighted by Crippen LogP contribution is -2.30. The molecule has 124 valence electrons. The summed E-state index contributed by atoms with van der Waals surface area (Å²) in [5.74, 6) is 1.59. The summed E-state index contributed by atoms with van der Waals surface area (Å²) in [5.41, 5.74) is 1.08. The standard InChI is InChI=1S/C17H27NO4/c1-13(2)11-21-9-5-8-18-17(19)12-22-15-7-6-14(3)10-16(15)20-4/h6-7,10,13H,5,8-9,11-12H2,1-4H3,(H,18,19). The van der Waals surface area contributed by atoms with Crippen LogP contribution in [0.25, 0.3) is 0 Å². The molecule has 0 bridgehead atoms. The number of aryl methyl sites for hydroxylation is 1. The highest BCUT2D eigenvalue weighted by molar-refractivity contribution is 5.77. The molecule has 0 aliphatic rings. The van der Waals surface area contributed by atoms with Crippen molar-refractivity contribution in [3.8, 4) is 11.5 Å². The molecule has 0 aromatic heterocycles. The first-order valence-corrected chi connectivity index (χ1v) is 7.64. The van der Waals surface area contributed by atoms with Crippen LogP contribution in [0.15, 0.2) is 18.2 Å². The summed E-state index contributed by atoms with van der Waals surface area (Å²) in [5, 5.41) is 2.81. The van der Waals surface area contributed by atoms with Gasteiger partial charge in [0, 0.05) is 19.8 Å². The zero-order chi connectivity index (χ0) is 16.4. The molecule has 1 aromatic rings. The number of ether oxygens (including phenoxy) is 3. The highest BCUT2D eigenvalue weighted by Gasteiger charge is 2.07. The van der Waals surface area contributed by atoms with Crippen molar-refractivity contribution in [3.63, 3.8) is 0 Å². The maximum Gasteiger partial charge on any atom is 0.257 e. The molecule has 0 saturated carbocycles. The van der Waals surface area contributed by atoms with Crippen LogP contribution in [0.5, 0.6) is 11.5 Å². The quantitative estimate of drug-likeness (QED) is 0.675. The minimum absolute atomic E-state index is 0.0216. The topological polar surface area (TPSA) is 56.8 Å². The SMILES string of the molecule is COc1cc(C)ccc1OCC(=O)NCCCOCC(C)C. The van der Waals surface area contributed by atoms with Gasteiger partial charge in [0.15, 0.2) is 18.1 Å². The van der Waals surface area contributed by atoms with Crippen LogP contribution in [0.4, 0.5) is 0 Å². The summed E-state index contributed by atoms with van der Waals surface area (Å²) in [7, 11) is 1.58. The number of amides is 1. The van der Waals surface area contributed by atoms with Gasteiger partial charge >= 0.3 is 0 Å². The average Bonchev–Trinajstić information content (AvgIpc) is 2.49.